The fourth-order valence-electron chi connectivity index (χ4n) is 2.08. The van der Waals surface area contributed by atoms with Crippen LogP contribution in [0.15, 0.2) is 12.1 Å². The lowest BCUT2D eigenvalue weighted by Crippen LogP contribution is -2.23. The summed E-state index contributed by atoms with van der Waals surface area (Å²) in [7, 11) is 1.58. The molecular formula is C12H13Cl2NO3. The van der Waals surface area contributed by atoms with Gasteiger partial charge in [0, 0.05) is 12.6 Å². The number of carbonyl (C=O) groups is 1. The van der Waals surface area contributed by atoms with Crippen molar-refractivity contribution in [2.75, 3.05) is 13.7 Å². The fraction of sp³-hybridized carbons (Fsp3) is 0.417. The average molecular weight is 290 g/mol. The highest BCUT2D eigenvalue weighted by atomic mass is 35.5. The van der Waals surface area contributed by atoms with E-state index in [9.17, 15) is 4.79 Å². The summed E-state index contributed by atoms with van der Waals surface area (Å²) in [6.45, 7) is 0.448. The number of nitrogens with one attached hydrogen (secondary N) is 1. The van der Waals surface area contributed by atoms with E-state index >= 15 is 0 Å². The zero-order valence-electron chi connectivity index (χ0n) is 9.74. The van der Waals surface area contributed by atoms with Crippen LogP contribution in [0.3, 0.4) is 0 Å². The Balaban J connectivity index is 2.10. The highest BCUT2D eigenvalue weighted by molar-refractivity contribution is 6.42. The van der Waals surface area contributed by atoms with Crippen molar-refractivity contribution in [3.8, 4) is 5.75 Å². The van der Waals surface area contributed by atoms with Gasteiger partial charge in [0.25, 0.3) is 0 Å². The first kappa shape index (κ1) is 13.3. The summed E-state index contributed by atoms with van der Waals surface area (Å²) in [5, 5.41) is 11.9. The van der Waals surface area contributed by atoms with E-state index in [0.717, 1.165) is 12.0 Å². The van der Waals surface area contributed by atoms with E-state index < -0.39 is 6.09 Å². The second-order valence-corrected chi connectivity index (χ2v) is 5.11. The molecule has 1 saturated carbocycles. The second-order valence-electron chi connectivity index (χ2n) is 4.30. The molecule has 2 N–H and O–H groups in total. The van der Waals surface area contributed by atoms with Crippen LogP contribution in [0.25, 0.3) is 0 Å². The second kappa shape index (κ2) is 5.24. The fourth-order valence-corrected chi connectivity index (χ4v) is 2.41. The standard InChI is InChI=1S/C12H13Cl2NO3/c1-18-11-4-10(14)9(13)3-8(11)7-2-6(7)5-15-12(16)17/h3-4,6-7,15H,2,5H2,1H3,(H,16,17). The number of hydrogen-bond donors (Lipinski definition) is 2. The number of benzene rings is 1. The molecular weight excluding hydrogens is 277 g/mol. The van der Waals surface area contributed by atoms with E-state index in [1.54, 1.807) is 19.2 Å². The smallest absolute Gasteiger partial charge is 0.404 e. The van der Waals surface area contributed by atoms with Crippen LogP contribution in [0, 0.1) is 5.92 Å². The van der Waals surface area contributed by atoms with Gasteiger partial charge in [-0.2, -0.15) is 0 Å². The van der Waals surface area contributed by atoms with Crippen LogP contribution in [0.1, 0.15) is 17.9 Å². The van der Waals surface area contributed by atoms with Gasteiger partial charge in [-0.3, -0.25) is 0 Å². The van der Waals surface area contributed by atoms with Crippen molar-refractivity contribution in [3.05, 3.63) is 27.7 Å². The van der Waals surface area contributed by atoms with Gasteiger partial charge < -0.3 is 15.2 Å². The summed E-state index contributed by atoms with van der Waals surface area (Å²) in [5.41, 5.74) is 0.990. The number of ether oxygens (including phenoxy) is 1. The normalized spacial score (nSPS) is 21.5. The van der Waals surface area contributed by atoms with Crippen LogP contribution in [-0.2, 0) is 0 Å². The molecule has 6 heteroatoms. The van der Waals surface area contributed by atoms with Gasteiger partial charge in [-0.05, 0) is 29.9 Å². The molecule has 2 unspecified atom stereocenters. The summed E-state index contributed by atoms with van der Waals surface area (Å²) < 4.78 is 5.28. The van der Waals surface area contributed by atoms with Crippen LogP contribution in [-0.4, -0.2) is 24.9 Å². The van der Waals surface area contributed by atoms with Crippen LogP contribution < -0.4 is 10.1 Å². The quantitative estimate of drug-likeness (QED) is 0.893. The Morgan fingerprint density at radius 2 is 2.17 bits per heavy atom. The Morgan fingerprint density at radius 3 is 2.78 bits per heavy atom. The minimum Gasteiger partial charge on any atom is -0.496 e. The first-order valence-electron chi connectivity index (χ1n) is 5.52. The van der Waals surface area contributed by atoms with E-state index in [-0.39, 0.29) is 5.92 Å². The molecule has 0 spiro atoms. The Bertz CT molecular complexity index is 479. The van der Waals surface area contributed by atoms with Crippen molar-refractivity contribution in [1.29, 1.82) is 0 Å². The van der Waals surface area contributed by atoms with E-state index in [2.05, 4.69) is 5.32 Å². The van der Waals surface area contributed by atoms with Gasteiger partial charge in [0.1, 0.15) is 5.75 Å². The summed E-state index contributed by atoms with van der Waals surface area (Å²) in [5.74, 6) is 1.28. The largest absolute Gasteiger partial charge is 0.496 e. The summed E-state index contributed by atoms with van der Waals surface area (Å²) >= 11 is 11.9. The molecule has 98 valence electrons. The molecule has 1 fully saturated rings. The maximum Gasteiger partial charge on any atom is 0.404 e. The van der Waals surface area contributed by atoms with Crippen LogP contribution >= 0.6 is 23.2 Å². The van der Waals surface area contributed by atoms with Crippen LogP contribution in [0.4, 0.5) is 4.79 Å². The Kier molecular flexibility index (Phi) is 3.88. The first-order chi connectivity index (χ1) is 8.52. The lowest BCUT2D eigenvalue weighted by molar-refractivity contribution is 0.194. The highest BCUT2D eigenvalue weighted by Crippen LogP contribution is 2.51. The molecule has 2 rings (SSSR count). The van der Waals surface area contributed by atoms with Gasteiger partial charge in [-0.1, -0.05) is 23.2 Å². The number of carboxylic acid groups (broad SMARTS) is 1. The number of rotatable bonds is 4. The third kappa shape index (κ3) is 2.82. The van der Waals surface area contributed by atoms with Crippen molar-refractivity contribution >= 4 is 29.3 Å². The summed E-state index contributed by atoms with van der Waals surface area (Å²) in [4.78, 5) is 10.4. The number of halogens is 2. The third-order valence-electron chi connectivity index (χ3n) is 3.11. The van der Waals surface area contributed by atoms with Gasteiger partial charge in [-0.15, -0.1) is 0 Å². The van der Waals surface area contributed by atoms with Crippen molar-refractivity contribution in [2.45, 2.75) is 12.3 Å². The van der Waals surface area contributed by atoms with Crippen LogP contribution in [0.2, 0.25) is 10.0 Å². The van der Waals surface area contributed by atoms with Crippen molar-refractivity contribution in [3.63, 3.8) is 0 Å². The molecule has 0 heterocycles. The molecule has 0 saturated heterocycles. The molecule has 1 aliphatic rings. The maximum atomic E-state index is 10.4. The Hall–Kier alpha value is -1.13. The molecule has 2 atom stereocenters. The zero-order valence-corrected chi connectivity index (χ0v) is 11.3. The van der Waals surface area contributed by atoms with E-state index in [4.69, 9.17) is 33.0 Å². The SMILES string of the molecule is COc1cc(Cl)c(Cl)cc1C1CC1CNC(=O)O. The first-order valence-corrected chi connectivity index (χ1v) is 6.28. The van der Waals surface area contributed by atoms with Crippen LogP contribution in [0.5, 0.6) is 5.75 Å². The Labute approximate surface area is 115 Å². The molecule has 18 heavy (non-hydrogen) atoms. The molecule has 0 aromatic heterocycles. The Morgan fingerprint density at radius 1 is 1.50 bits per heavy atom. The molecule has 1 aromatic carbocycles. The van der Waals surface area contributed by atoms with Gasteiger partial charge in [0.15, 0.2) is 0 Å². The minimum absolute atomic E-state index is 0.279. The molecule has 0 radical (unpaired) electrons. The van der Waals surface area contributed by atoms with E-state index in [1.165, 1.54) is 0 Å². The zero-order chi connectivity index (χ0) is 13.3. The number of hydrogen-bond acceptors (Lipinski definition) is 2. The molecule has 1 aromatic rings. The highest BCUT2D eigenvalue weighted by Gasteiger charge is 2.40. The van der Waals surface area contributed by atoms with Gasteiger partial charge in [0.05, 0.1) is 17.2 Å². The molecule has 4 nitrogen and oxygen atoms in total. The predicted octanol–water partition coefficient (Wildman–Crippen LogP) is 3.37. The van der Waals surface area contributed by atoms with E-state index in [1.807, 2.05) is 0 Å². The van der Waals surface area contributed by atoms with E-state index in [0.29, 0.717) is 28.3 Å². The summed E-state index contributed by atoms with van der Waals surface area (Å²) in [6, 6.07) is 3.49. The third-order valence-corrected chi connectivity index (χ3v) is 3.83. The minimum atomic E-state index is -0.998. The van der Waals surface area contributed by atoms with Gasteiger partial charge in [0.2, 0.25) is 0 Å². The number of methoxy groups -OCH3 is 1. The topological polar surface area (TPSA) is 58.6 Å². The molecule has 0 aliphatic heterocycles. The van der Waals surface area contributed by atoms with Crippen molar-refractivity contribution in [1.82, 2.24) is 5.32 Å². The lowest BCUT2D eigenvalue weighted by Gasteiger charge is -2.10. The molecule has 1 amide bonds. The maximum absolute atomic E-state index is 10.4. The van der Waals surface area contributed by atoms with Gasteiger partial charge in [-0.25, -0.2) is 4.79 Å². The van der Waals surface area contributed by atoms with Crippen molar-refractivity contribution < 1.29 is 14.6 Å². The molecule has 0 bridgehead atoms. The lowest BCUT2D eigenvalue weighted by atomic mass is 10.1. The van der Waals surface area contributed by atoms with Crippen molar-refractivity contribution in [2.24, 2.45) is 5.92 Å². The predicted molar refractivity (Wildman–Crippen MR) is 69.9 cm³/mol. The van der Waals surface area contributed by atoms with Gasteiger partial charge >= 0.3 is 6.09 Å². The molecule has 1 aliphatic carbocycles. The summed E-state index contributed by atoms with van der Waals surface area (Å²) in [6.07, 6.45) is -0.0732. The average Bonchev–Trinajstić information content (AvgIpc) is 3.08. The number of amides is 1. The monoisotopic (exact) mass is 289 g/mol.